The number of esters is 2. The normalized spacial score (nSPS) is 15.1. The first-order valence-electron chi connectivity index (χ1n) is 13.0. The van der Waals surface area contributed by atoms with Crippen molar-refractivity contribution in [2.75, 3.05) is 13.7 Å². The number of carbonyl (C=O) groups is 3. The maximum Gasteiger partial charge on any atom is 0.322 e. The third kappa shape index (κ3) is 4.88. The molecule has 0 aromatic heterocycles. The van der Waals surface area contributed by atoms with E-state index in [1.54, 1.807) is 27.7 Å². The Bertz CT molecular complexity index is 1280. The van der Waals surface area contributed by atoms with Gasteiger partial charge in [-0.25, -0.2) is 0 Å². The third-order valence-corrected chi connectivity index (χ3v) is 7.13. The Labute approximate surface area is 224 Å². The van der Waals surface area contributed by atoms with Gasteiger partial charge in [0.1, 0.15) is 12.0 Å². The molecule has 0 saturated heterocycles. The summed E-state index contributed by atoms with van der Waals surface area (Å²) in [6, 6.07) is 25.1. The predicted molar refractivity (Wildman–Crippen MR) is 146 cm³/mol. The topological polar surface area (TPSA) is 81.7 Å². The van der Waals surface area contributed by atoms with Crippen molar-refractivity contribution in [1.29, 1.82) is 0 Å². The quantitative estimate of drug-likeness (QED) is 0.310. The van der Waals surface area contributed by atoms with Crippen LogP contribution in [0.4, 0.5) is 0 Å². The molecule has 0 heterocycles. The van der Waals surface area contributed by atoms with E-state index in [4.69, 9.17) is 9.47 Å². The molecule has 0 aliphatic heterocycles. The summed E-state index contributed by atoms with van der Waals surface area (Å²) in [7, 11) is 1.31. The van der Waals surface area contributed by atoms with Gasteiger partial charge in [0.15, 0.2) is 5.78 Å². The molecule has 38 heavy (non-hydrogen) atoms. The fraction of sp³-hybridized carbons (Fsp3) is 0.344. The van der Waals surface area contributed by atoms with Crippen LogP contribution in [-0.4, -0.2) is 37.5 Å². The molecule has 6 heteroatoms. The average molecular weight is 514 g/mol. The van der Waals surface area contributed by atoms with Crippen molar-refractivity contribution in [3.63, 3.8) is 0 Å². The number of rotatable bonds is 9. The number of carbonyl (C=O) groups excluding carboxylic acids is 3. The molecule has 198 valence electrons. The summed E-state index contributed by atoms with van der Waals surface area (Å²) >= 11 is 0. The maximum atomic E-state index is 13.4. The van der Waals surface area contributed by atoms with Gasteiger partial charge in [-0.15, -0.1) is 0 Å². The van der Waals surface area contributed by atoms with Crippen LogP contribution in [0.15, 0.2) is 78.9 Å². The Morgan fingerprint density at radius 1 is 0.816 bits per heavy atom. The minimum absolute atomic E-state index is 0.0967. The summed E-state index contributed by atoms with van der Waals surface area (Å²) in [5.41, 5.74) is 3.28. The summed E-state index contributed by atoms with van der Waals surface area (Å²) in [5, 5.41) is 3.61. The second-order valence-corrected chi connectivity index (χ2v) is 10.6. The van der Waals surface area contributed by atoms with E-state index in [0.29, 0.717) is 0 Å². The second kappa shape index (κ2) is 10.9. The molecule has 1 aliphatic carbocycles. The van der Waals surface area contributed by atoms with Crippen molar-refractivity contribution in [1.82, 2.24) is 5.32 Å². The highest BCUT2D eigenvalue weighted by Gasteiger charge is 2.48. The van der Waals surface area contributed by atoms with Crippen LogP contribution in [-0.2, 0) is 29.4 Å². The number of hydrogen-bond donors (Lipinski definition) is 1. The van der Waals surface area contributed by atoms with Gasteiger partial charge >= 0.3 is 11.9 Å². The number of hydrogen-bond acceptors (Lipinski definition) is 6. The zero-order valence-electron chi connectivity index (χ0n) is 22.6. The smallest absolute Gasteiger partial charge is 0.322 e. The maximum absolute atomic E-state index is 13.4. The Morgan fingerprint density at radius 2 is 1.34 bits per heavy atom. The minimum atomic E-state index is -1.13. The van der Waals surface area contributed by atoms with Crippen LogP contribution in [0, 0.1) is 11.3 Å². The summed E-state index contributed by atoms with van der Waals surface area (Å²) < 4.78 is 10.5. The highest BCUT2D eigenvalue weighted by Crippen LogP contribution is 2.51. The molecule has 1 N–H and O–H groups in total. The van der Waals surface area contributed by atoms with E-state index in [2.05, 4.69) is 17.4 Å². The molecule has 0 saturated carbocycles. The van der Waals surface area contributed by atoms with Crippen LogP contribution >= 0.6 is 0 Å². The molecule has 0 radical (unpaired) electrons. The molecule has 4 rings (SSSR count). The summed E-state index contributed by atoms with van der Waals surface area (Å²) in [6.45, 7) is 7.12. The lowest BCUT2D eigenvalue weighted by atomic mass is 9.77. The average Bonchev–Trinajstić information content (AvgIpc) is 3.21. The number of benzene rings is 3. The molecule has 0 amide bonds. The van der Waals surface area contributed by atoms with E-state index in [1.807, 2.05) is 66.7 Å². The van der Waals surface area contributed by atoms with Crippen LogP contribution in [0.3, 0.4) is 0 Å². The van der Waals surface area contributed by atoms with Gasteiger partial charge < -0.3 is 9.47 Å². The number of ether oxygens (including phenoxy) is 2. The third-order valence-electron chi connectivity index (χ3n) is 7.13. The van der Waals surface area contributed by atoms with Crippen molar-refractivity contribution in [2.24, 2.45) is 11.3 Å². The Balaban J connectivity index is 1.89. The number of methoxy groups -OCH3 is 1. The lowest BCUT2D eigenvalue weighted by molar-refractivity contribution is -0.155. The van der Waals surface area contributed by atoms with Gasteiger partial charge in [0.05, 0.1) is 19.3 Å². The fourth-order valence-electron chi connectivity index (χ4n) is 5.40. The van der Waals surface area contributed by atoms with E-state index in [0.717, 1.165) is 27.8 Å². The van der Waals surface area contributed by atoms with Crippen LogP contribution in [0.1, 0.15) is 50.8 Å². The number of nitrogens with one attached hydrogen (secondary N) is 1. The fourth-order valence-corrected chi connectivity index (χ4v) is 5.40. The number of fused-ring (bicyclic) bond motifs is 3. The van der Waals surface area contributed by atoms with E-state index in [9.17, 15) is 14.4 Å². The molecule has 3 aromatic carbocycles. The van der Waals surface area contributed by atoms with Crippen molar-refractivity contribution in [2.45, 2.75) is 45.7 Å². The zero-order chi connectivity index (χ0) is 27.5. The zero-order valence-corrected chi connectivity index (χ0v) is 22.6. The van der Waals surface area contributed by atoms with E-state index in [-0.39, 0.29) is 18.8 Å². The van der Waals surface area contributed by atoms with Crippen LogP contribution < -0.4 is 5.32 Å². The van der Waals surface area contributed by atoms with Crippen LogP contribution in [0.2, 0.25) is 0 Å². The molecule has 0 spiro atoms. The van der Waals surface area contributed by atoms with E-state index in [1.165, 1.54) is 7.11 Å². The van der Waals surface area contributed by atoms with Crippen molar-refractivity contribution in [3.05, 3.63) is 95.6 Å². The number of ketones is 1. The predicted octanol–water partition coefficient (Wildman–Crippen LogP) is 5.27. The van der Waals surface area contributed by atoms with Crippen LogP contribution in [0.25, 0.3) is 11.1 Å². The van der Waals surface area contributed by atoms with Crippen molar-refractivity contribution < 1.29 is 23.9 Å². The molecule has 0 bridgehead atoms. The molecular formula is C32H35NO5. The SMILES string of the molecule is CCOC(=O)C(CC(NC1(c2ccccc2)c2ccccc2-c2ccccc21)C(=O)OC)C(=O)C(C)(C)C. The monoisotopic (exact) mass is 513 g/mol. The number of Topliss-reactive ketones (excluding diaryl/α,β-unsaturated/α-hetero) is 1. The summed E-state index contributed by atoms with van der Waals surface area (Å²) in [5.74, 6) is -2.61. The first-order valence-corrected chi connectivity index (χ1v) is 13.0. The van der Waals surface area contributed by atoms with Crippen molar-refractivity contribution in [3.8, 4) is 11.1 Å². The van der Waals surface area contributed by atoms with E-state index < -0.39 is 34.9 Å². The minimum Gasteiger partial charge on any atom is -0.468 e. The van der Waals surface area contributed by atoms with Crippen LogP contribution in [0.5, 0.6) is 0 Å². The Hall–Kier alpha value is -3.77. The van der Waals surface area contributed by atoms with Gasteiger partial charge in [-0.3, -0.25) is 19.7 Å². The van der Waals surface area contributed by atoms with Gasteiger partial charge in [0, 0.05) is 5.41 Å². The lowest BCUT2D eigenvalue weighted by Crippen LogP contribution is -2.53. The van der Waals surface area contributed by atoms with Gasteiger partial charge in [-0.05, 0) is 41.2 Å². The molecule has 2 atom stereocenters. The molecule has 3 aromatic rings. The van der Waals surface area contributed by atoms with Crippen molar-refractivity contribution >= 4 is 17.7 Å². The van der Waals surface area contributed by atoms with Gasteiger partial charge in [0.2, 0.25) is 0 Å². The van der Waals surface area contributed by atoms with Gasteiger partial charge in [0.25, 0.3) is 0 Å². The first-order chi connectivity index (χ1) is 18.1. The standard InChI is InChI=1S/C32H35NO5/c1-6-38-29(35)24(28(34)31(2,3)4)20-27(30(36)37-5)33-32(21-14-8-7-9-15-21)25-18-12-10-16-22(25)23-17-11-13-19-26(23)32/h7-19,24,27,33H,6,20H2,1-5H3. The molecule has 2 unspecified atom stereocenters. The highest BCUT2D eigenvalue weighted by atomic mass is 16.5. The van der Waals surface area contributed by atoms with Gasteiger partial charge in [-0.1, -0.05) is 99.6 Å². The largest absolute Gasteiger partial charge is 0.468 e. The first kappa shape index (κ1) is 27.3. The van der Waals surface area contributed by atoms with Gasteiger partial charge in [-0.2, -0.15) is 0 Å². The summed E-state index contributed by atoms with van der Waals surface area (Å²) in [6.07, 6.45) is -0.0967. The lowest BCUT2D eigenvalue weighted by Gasteiger charge is -2.38. The molecule has 0 fully saturated rings. The Kier molecular flexibility index (Phi) is 7.83. The highest BCUT2D eigenvalue weighted by molar-refractivity contribution is 6.02. The summed E-state index contributed by atoms with van der Waals surface area (Å²) in [4.78, 5) is 39.8. The molecule has 1 aliphatic rings. The van der Waals surface area contributed by atoms with E-state index >= 15 is 0 Å². The molecular weight excluding hydrogens is 478 g/mol. The Morgan fingerprint density at radius 3 is 1.84 bits per heavy atom. The second-order valence-electron chi connectivity index (χ2n) is 10.6. The molecule has 6 nitrogen and oxygen atoms in total.